The van der Waals surface area contributed by atoms with Crippen molar-refractivity contribution in [1.29, 1.82) is 0 Å². The minimum atomic E-state index is -0.113. The maximum Gasteiger partial charge on any atom is 0.256 e. The SMILES string of the molecule is COc1ccccc1-c1ccc2c(c1)NC(=O)/C2=C\c1cc2cc(OCCN3CCOCC3)ccc2[nH]1. The van der Waals surface area contributed by atoms with Gasteiger partial charge in [-0.2, -0.15) is 0 Å². The highest BCUT2D eigenvalue weighted by atomic mass is 16.5. The maximum atomic E-state index is 12.9. The number of anilines is 1. The molecule has 3 aromatic carbocycles. The molecule has 1 saturated heterocycles. The lowest BCUT2D eigenvalue weighted by Gasteiger charge is -2.26. The van der Waals surface area contributed by atoms with E-state index in [1.807, 2.05) is 72.8 Å². The highest BCUT2D eigenvalue weighted by molar-refractivity contribution is 6.35. The second-order valence-corrected chi connectivity index (χ2v) is 9.25. The van der Waals surface area contributed by atoms with Crippen LogP contribution in [0.25, 0.3) is 33.7 Å². The topological polar surface area (TPSA) is 75.8 Å². The average Bonchev–Trinajstić information content (AvgIpc) is 3.48. The third kappa shape index (κ3) is 4.83. The number of benzene rings is 3. The zero-order valence-electron chi connectivity index (χ0n) is 20.8. The Hall–Kier alpha value is -4.07. The lowest BCUT2D eigenvalue weighted by Crippen LogP contribution is -2.38. The first kappa shape index (κ1) is 23.3. The number of morpholine rings is 1. The first-order chi connectivity index (χ1) is 18.2. The van der Waals surface area contributed by atoms with Crippen molar-refractivity contribution in [2.24, 2.45) is 0 Å². The standard InChI is InChI=1S/C30H29N3O4/c1-35-29-5-3-2-4-24(29)20-6-8-25-26(30(34)32-28(25)18-20)19-22-16-21-17-23(7-9-27(21)31-22)37-15-12-33-10-13-36-14-11-33/h2-9,16-19,31H,10-15H2,1H3,(H,32,34)/b26-19-. The molecule has 6 rings (SSSR count). The van der Waals surface area contributed by atoms with Crippen LogP contribution in [0.3, 0.4) is 0 Å². The summed E-state index contributed by atoms with van der Waals surface area (Å²) in [6.45, 7) is 5.02. The summed E-state index contributed by atoms with van der Waals surface area (Å²) in [6.07, 6.45) is 1.91. The van der Waals surface area contributed by atoms with E-state index in [9.17, 15) is 4.79 Å². The van der Waals surface area contributed by atoms with Crippen LogP contribution >= 0.6 is 0 Å². The van der Waals surface area contributed by atoms with Gasteiger partial charge in [-0.25, -0.2) is 0 Å². The summed E-state index contributed by atoms with van der Waals surface area (Å²) in [5.74, 6) is 1.52. The number of nitrogens with zero attached hydrogens (tertiary/aromatic N) is 1. The quantitative estimate of drug-likeness (QED) is 0.351. The van der Waals surface area contributed by atoms with Gasteiger partial charge in [-0.1, -0.05) is 30.3 Å². The number of rotatable bonds is 7. The minimum Gasteiger partial charge on any atom is -0.496 e. The van der Waals surface area contributed by atoms with Gasteiger partial charge in [0.05, 0.1) is 25.9 Å². The molecule has 0 radical (unpaired) electrons. The van der Waals surface area contributed by atoms with E-state index >= 15 is 0 Å². The Kier molecular flexibility index (Phi) is 6.39. The number of aromatic nitrogens is 1. The molecular weight excluding hydrogens is 466 g/mol. The largest absolute Gasteiger partial charge is 0.496 e. The molecule has 37 heavy (non-hydrogen) atoms. The fraction of sp³-hybridized carbons (Fsp3) is 0.233. The van der Waals surface area contributed by atoms with Crippen LogP contribution in [0.15, 0.2) is 66.7 Å². The predicted octanol–water partition coefficient (Wildman–Crippen LogP) is 5.05. The Bertz CT molecular complexity index is 1480. The van der Waals surface area contributed by atoms with Crippen molar-refractivity contribution >= 4 is 34.1 Å². The number of carbonyl (C=O) groups is 1. The summed E-state index contributed by atoms with van der Waals surface area (Å²) < 4.78 is 16.9. The van der Waals surface area contributed by atoms with Crippen molar-refractivity contribution in [2.75, 3.05) is 51.9 Å². The van der Waals surface area contributed by atoms with Crippen LogP contribution in [0, 0.1) is 0 Å². The summed E-state index contributed by atoms with van der Waals surface area (Å²) >= 11 is 0. The number of H-pyrrole nitrogens is 1. The molecule has 1 fully saturated rings. The van der Waals surface area contributed by atoms with Gasteiger partial charge in [0, 0.05) is 53.0 Å². The van der Waals surface area contributed by atoms with Crippen LogP contribution in [0.4, 0.5) is 5.69 Å². The lowest BCUT2D eigenvalue weighted by molar-refractivity contribution is -0.110. The average molecular weight is 496 g/mol. The summed E-state index contributed by atoms with van der Waals surface area (Å²) in [7, 11) is 1.66. The molecule has 1 aromatic heterocycles. The second-order valence-electron chi connectivity index (χ2n) is 9.25. The van der Waals surface area contributed by atoms with E-state index in [1.54, 1.807) is 7.11 Å². The second kappa shape index (κ2) is 10.1. The van der Waals surface area contributed by atoms with Gasteiger partial charge in [0.1, 0.15) is 18.1 Å². The van der Waals surface area contributed by atoms with Crippen LogP contribution < -0.4 is 14.8 Å². The van der Waals surface area contributed by atoms with Crippen molar-refractivity contribution in [1.82, 2.24) is 9.88 Å². The van der Waals surface area contributed by atoms with Gasteiger partial charge in [-0.3, -0.25) is 9.69 Å². The predicted molar refractivity (Wildman–Crippen MR) is 146 cm³/mol. The van der Waals surface area contributed by atoms with Crippen molar-refractivity contribution in [3.05, 3.63) is 78.0 Å². The lowest BCUT2D eigenvalue weighted by atomic mass is 9.99. The molecule has 4 aromatic rings. The van der Waals surface area contributed by atoms with Crippen LogP contribution in [0.1, 0.15) is 11.3 Å². The number of ether oxygens (including phenoxy) is 3. The molecule has 7 heteroatoms. The number of fused-ring (bicyclic) bond motifs is 2. The van der Waals surface area contributed by atoms with Crippen LogP contribution in [0.5, 0.6) is 11.5 Å². The Labute approximate surface area is 215 Å². The molecule has 0 saturated carbocycles. The monoisotopic (exact) mass is 495 g/mol. The Morgan fingerprint density at radius 2 is 1.86 bits per heavy atom. The number of nitrogens with one attached hydrogen (secondary N) is 2. The van der Waals surface area contributed by atoms with E-state index in [1.165, 1.54) is 0 Å². The normalized spacial score (nSPS) is 16.7. The summed E-state index contributed by atoms with van der Waals surface area (Å²) in [5, 5.41) is 4.06. The minimum absolute atomic E-state index is 0.113. The van der Waals surface area contributed by atoms with Gasteiger partial charge < -0.3 is 24.5 Å². The number of para-hydroxylation sites is 1. The highest BCUT2D eigenvalue weighted by Crippen LogP contribution is 2.38. The van der Waals surface area contributed by atoms with Gasteiger partial charge in [-0.05, 0) is 48.0 Å². The third-order valence-corrected chi connectivity index (χ3v) is 6.91. The fourth-order valence-corrected chi connectivity index (χ4v) is 4.96. The summed E-state index contributed by atoms with van der Waals surface area (Å²) in [4.78, 5) is 18.6. The molecule has 1 amide bonds. The summed E-state index contributed by atoms with van der Waals surface area (Å²) in [5.41, 5.74) is 6.16. The van der Waals surface area contributed by atoms with Crippen LogP contribution in [-0.2, 0) is 9.53 Å². The number of carbonyl (C=O) groups excluding carboxylic acids is 1. The fourth-order valence-electron chi connectivity index (χ4n) is 4.96. The molecule has 2 aliphatic rings. The van der Waals surface area contributed by atoms with Gasteiger partial charge in [0.2, 0.25) is 0 Å². The zero-order valence-corrected chi connectivity index (χ0v) is 20.8. The Morgan fingerprint density at radius 3 is 2.73 bits per heavy atom. The molecule has 2 aliphatic heterocycles. The number of methoxy groups -OCH3 is 1. The number of amides is 1. The molecule has 2 N–H and O–H groups in total. The first-order valence-electron chi connectivity index (χ1n) is 12.5. The first-order valence-corrected chi connectivity index (χ1v) is 12.5. The Morgan fingerprint density at radius 1 is 1.00 bits per heavy atom. The van der Waals surface area contributed by atoms with Gasteiger partial charge in [0.15, 0.2) is 0 Å². The Balaban J connectivity index is 1.21. The molecule has 0 bridgehead atoms. The van der Waals surface area contributed by atoms with Crippen LogP contribution in [-0.4, -0.2) is 62.4 Å². The van der Waals surface area contributed by atoms with Gasteiger partial charge in [-0.15, -0.1) is 0 Å². The molecule has 3 heterocycles. The molecular formula is C30H29N3O4. The van der Waals surface area contributed by atoms with Crippen molar-refractivity contribution in [3.63, 3.8) is 0 Å². The number of hydrogen-bond donors (Lipinski definition) is 2. The van der Waals surface area contributed by atoms with Gasteiger partial charge in [0.25, 0.3) is 5.91 Å². The third-order valence-electron chi connectivity index (χ3n) is 6.91. The molecule has 0 spiro atoms. The zero-order chi connectivity index (χ0) is 25.2. The van der Waals surface area contributed by atoms with Crippen molar-refractivity contribution in [3.8, 4) is 22.6 Å². The molecule has 0 atom stereocenters. The molecule has 7 nitrogen and oxygen atoms in total. The molecule has 188 valence electrons. The number of aromatic amines is 1. The van der Waals surface area contributed by atoms with E-state index < -0.39 is 0 Å². The van der Waals surface area contributed by atoms with E-state index in [2.05, 4.69) is 15.2 Å². The highest BCUT2D eigenvalue weighted by Gasteiger charge is 2.25. The van der Waals surface area contributed by atoms with Crippen LogP contribution in [0.2, 0.25) is 0 Å². The summed E-state index contributed by atoms with van der Waals surface area (Å²) in [6, 6.07) is 22.0. The molecule has 0 unspecified atom stereocenters. The van der Waals surface area contributed by atoms with E-state index in [4.69, 9.17) is 14.2 Å². The van der Waals surface area contributed by atoms with Gasteiger partial charge >= 0.3 is 0 Å². The van der Waals surface area contributed by atoms with E-state index in [0.29, 0.717) is 12.2 Å². The maximum absolute atomic E-state index is 12.9. The number of hydrogen-bond acceptors (Lipinski definition) is 5. The smallest absolute Gasteiger partial charge is 0.256 e. The van der Waals surface area contributed by atoms with Crippen molar-refractivity contribution in [2.45, 2.75) is 0 Å². The molecule has 0 aliphatic carbocycles. The van der Waals surface area contributed by atoms with Crippen molar-refractivity contribution < 1.29 is 19.0 Å². The van der Waals surface area contributed by atoms with E-state index in [0.717, 1.165) is 83.3 Å². The van der Waals surface area contributed by atoms with E-state index in [-0.39, 0.29) is 5.91 Å².